The van der Waals surface area contributed by atoms with Gasteiger partial charge in [0.1, 0.15) is 11.4 Å². The van der Waals surface area contributed by atoms with Crippen LogP contribution in [0.1, 0.15) is 49.5 Å². The molecule has 0 N–H and O–H groups in total. The van der Waals surface area contributed by atoms with Crippen LogP contribution in [0.25, 0.3) is 0 Å². The molecule has 0 spiro atoms. The molecule has 1 aliphatic rings. The first-order valence-corrected chi connectivity index (χ1v) is 13.2. The van der Waals surface area contributed by atoms with Gasteiger partial charge in [-0.1, -0.05) is 12.1 Å². The molecule has 1 fully saturated rings. The lowest BCUT2D eigenvalue weighted by molar-refractivity contribution is 0.0152. The van der Waals surface area contributed by atoms with E-state index in [0.717, 1.165) is 0 Å². The third-order valence-electron chi connectivity index (χ3n) is 5.81. The molecule has 0 aromatic heterocycles. The summed E-state index contributed by atoms with van der Waals surface area (Å²) >= 11 is 0. The van der Waals surface area contributed by atoms with Crippen molar-refractivity contribution in [3.05, 3.63) is 59.7 Å². The minimum absolute atomic E-state index is 0.0199. The van der Waals surface area contributed by atoms with Crippen LogP contribution in [0.3, 0.4) is 0 Å². The molecule has 1 saturated heterocycles. The maximum atomic E-state index is 13.9. The van der Waals surface area contributed by atoms with E-state index in [4.69, 9.17) is 14.2 Å². The molecule has 0 radical (unpaired) electrons. The highest BCUT2D eigenvalue weighted by Crippen LogP contribution is 2.28. The molecule has 1 heterocycles. The Hall–Kier alpha value is -3.11. The number of likely N-dealkylation sites (tertiary alicyclic amines) is 1. The second-order valence-corrected chi connectivity index (χ2v) is 11.5. The van der Waals surface area contributed by atoms with E-state index < -0.39 is 33.7 Å². The summed E-state index contributed by atoms with van der Waals surface area (Å²) in [6.07, 6.45) is 0.730. The zero-order valence-electron chi connectivity index (χ0n) is 21.4. The van der Waals surface area contributed by atoms with Gasteiger partial charge in [-0.05, 0) is 75.6 Å². The number of piperidine rings is 1. The quantitative estimate of drug-likeness (QED) is 0.509. The average Bonchev–Trinajstić information content (AvgIpc) is 2.86. The normalized spacial score (nSPS) is 16.5. The van der Waals surface area contributed by atoms with Crippen molar-refractivity contribution in [1.82, 2.24) is 9.21 Å². The molecule has 2 aromatic rings. The standard InChI is InChI=1S/C26H34N2O7S/c1-26(2,3)35-25(30)27-15-7-10-21(18-27)28(17-19-8-6-9-20(16-19)24(29)34-5)36(31,32)23-13-11-22(33-4)12-14-23/h6,8-9,11-14,16,21H,7,10,15,17-18H2,1-5H3. The topological polar surface area (TPSA) is 102 Å². The highest BCUT2D eigenvalue weighted by Gasteiger charge is 2.37. The molecule has 10 heteroatoms. The monoisotopic (exact) mass is 518 g/mol. The Kier molecular flexibility index (Phi) is 8.63. The molecule has 0 saturated carbocycles. The summed E-state index contributed by atoms with van der Waals surface area (Å²) in [6.45, 7) is 6.08. The number of nitrogens with zero attached hydrogens (tertiary/aromatic N) is 2. The Morgan fingerprint density at radius 3 is 2.39 bits per heavy atom. The number of carbonyl (C=O) groups is 2. The largest absolute Gasteiger partial charge is 0.497 e. The second kappa shape index (κ2) is 11.3. The van der Waals surface area contributed by atoms with E-state index in [0.29, 0.717) is 36.3 Å². The summed E-state index contributed by atoms with van der Waals surface area (Å²) in [5, 5.41) is 0. The van der Waals surface area contributed by atoms with Crippen molar-refractivity contribution in [3.63, 3.8) is 0 Å². The third kappa shape index (κ3) is 6.76. The van der Waals surface area contributed by atoms with Crippen molar-refractivity contribution in [2.45, 2.75) is 56.7 Å². The van der Waals surface area contributed by atoms with Crippen LogP contribution >= 0.6 is 0 Å². The number of benzene rings is 2. The van der Waals surface area contributed by atoms with Crippen molar-refractivity contribution >= 4 is 22.1 Å². The molecule has 1 atom stereocenters. The maximum Gasteiger partial charge on any atom is 0.410 e. The SMILES string of the molecule is COC(=O)c1cccc(CN(C2CCCN(C(=O)OC(C)(C)C)C2)S(=O)(=O)c2ccc(OC)cc2)c1. The molecular weight excluding hydrogens is 484 g/mol. The smallest absolute Gasteiger partial charge is 0.410 e. The van der Waals surface area contributed by atoms with Crippen LogP contribution in [-0.4, -0.2) is 68.6 Å². The Labute approximate surface area is 213 Å². The van der Waals surface area contributed by atoms with E-state index in [9.17, 15) is 18.0 Å². The van der Waals surface area contributed by atoms with Crippen LogP contribution in [0, 0.1) is 0 Å². The van der Waals surface area contributed by atoms with Gasteiger partial charge in [-0.3, -0.25) is 0 Å². The van der Waals surface area contributed by atoms with Gasteiger partial charge >= 0.3 is 12.1 Å². The van der Waals surface area contributed by atoms with E-state index in [1.54, 1.807) is 62.1 Å². The molecule has 1 aliphatic heterocycles. The van der Waals surface area contributed by atoms with E-state index in [-0.39, 0.29) is 18.0 Å². The fraction of sp³-hybridized carbons (Fsp3) is 0.462. The lowest BCUT2D eigenvalue weighted by Crippen LogP contribution is -2.52. The molecule has 1 unspecified atom stereocenters. The Morgan fingerprint density at radius 1 is 1.08 bits per heavy atom. The Morgan fingerprint density at radius 2 is 1.78 bits per heavy atom. The predicted molar refractivity (Wildman–Crippen MR) is 134 cm³/mol. The summed E-state index contributed by atoms with van der Waals surface area (Å²) in [6, 6.07) is 12.4. The predicted octanol–water partition coefficient (Wildman–Crippen LogP) is 4.07. The zero-order chi connectivity index (χ0) is 26.5. The second-order valence-electron chi connectivity index (χ2n) is 9.64. The summed E-state index contributed by atoms with van der Waals surface area (Å²) in [4.78, 5) is 26.5. The molecular formula is C26H34N2O7S. The number of hydrogen-bond acceptors (Lipinski definition) is 7. The number of methoxy groups -OCH3 is 2. The van der Waals surface area contributed by atoms with Crippen LogP contribution in [0.4, 0.5) is 4.79 Å². The molecule has 36 heavy (non-hydrogen) atoms. The van der Waals surface area contributed by atoms with Crippen molar-refractivity contribution in [3.8, 4) is 5.75 Å². The van der Waals surface area contributed by atoms with E-state index in [2.05, 4.69) is 0 Å². The number of hydrogen-bond donors (Lipinski definition) is 0. The highest BCUT2D eigenvalue weighted by atomic mass is 32.2. The van der Waals surface area contributed by atoms with Crippen LogP contribution in [0.2, 0.25) is 0 Å². The Bertz CT molecular complexity index is 1170. The fourth-order valence-electron chi connectivity index (χ4n) is 4.07. The van der Waals surface area contributed by atoms with Crippen molar-refractivity contribution < 1.29 is 32.2 Å². The fourth-order valence-corrected chi connectivity index (χ4v) is 5.70. The van der Waals surface area contributed by atoms with Gasteiger partial charge in [-0.15, -0.1) is 0 Å². The van der Waals surface area contributed by atoms with Gasteiger partial charge in [0.2, 0.25) is 10.0 Å². The summed E-state index contributed by atoms with van der Waals surface area (Å²) in [7, 11) is -1.16. The van der Waals surface area contributed by atoms with E-state index in [1.165, 1.54) is 30.7 Å². The number of carbonyl (C=O) groups excluding carboxylic acids is 2. The van der Waals surface area contributed by atoms with Crippen molar-refractivity contribution in [2.24, 2.45) is 0 Å². The molecule has 3 rings (SSSR count). The van der Waals surface area contributed by atoms with E-state index in [1.807, 2.05) is 0 Å². The van der Waals surface area contributed by atoms with Crippen molar-refractivity contribution in [2.75, 3.05) is 27.3 Å². The third-order valence-corrected chi connectivity index (χ3v) is 7.72. The first kappa shape index (κ1) is 27.5. The number of ether oxygens (including phenoxy) is 3. The molecule has 2 aromatic carbocycles. The summed E-state index contributed by atoms with van der Waals surface area (Å²) in [5.74, 6) is 0.0372. The highest BCUT2D eigenvalue weighted by molar-refractivity contribution is 7.89. The first-order valence-electron chi connectivity index (χ1n) is 11.8. The van der Waals surface area contributed by atoms with Gasteiger partial charge in [0.25, 0.3) is 0 Å². The molecule has 1 amide bonds. The van der Waals surface area contributed by atoms with Gasteiger partial charge in [0.15, 0.2) is 0 Å². The Balaban J connectivity index is 1.96. The minimum atomic E-state index is -3.96. The number of esters is 1. The van der Waals surface area contributed by atoms with Crippen LogP contribution in [0.5, 0.6) is 5.75 Å². The van der Waals surface area contributed by atoms with Crippen molar-refractivity contribution in [1.29, 1.82) is 0 Å². The van der Waals surface area contributed by atoms with E-state index >= 15 is 0 Å². The maximum absolute atomic E-state index is 13.9. The number of amides is 1. The molecule has 196 valence electrons. The number of sulfonamides is 1. The van der Waals surface area contributed by atoms with Gasteiger partial charge in [-0.25, -0.2) is 18.0 Å². The lowest BCUT2D eigenvalue weighted by atomic mass is 10.0. The van der Waals surface area contributed by atoms with Gasteiger partial charge < -0.3 is 19.1 Å². The average molecular weight is 519 g/mol. The van der Waals surface area contributed by atoms with Gasteiger partial charge in [0, 0.05) is 25.7 Å². The summed E-state index contributed by atoms with van der Waals surface area (Å²) < 4.78 is 44.7. The molecule has 0 aliphatic carbocycles. The first-order chi connectivity index (χ1) is 16.9. The van der Waals surface area contributed by atoms with Crippen LogP contribution in [-0.2, 0) is 26.0 Å². The van der Waals surface area contributed by atoms with Crippen LogP contribution < -0.4 is 4.74 Å². The summed E-state index contributed by atoms with van der Waals surface area (Å²) in [5.41, 5.74) is 0.299. The van der Waals surface area contributed by atoms with Crippen LogP contribution in [0.15, 0.2) is 53.4 Å². The molecule has 0 bridgehead atoms. The minimum Gasteiger partial charge on any atom is -0.497 e. The van der Waals surface area contributed by atoms with Gasteiger partial charge in [0.05, 0.1) is 24.7 Å². The zero-order valence-corrected chi connectivity index (χ0v) is 22.2. The van der Waals surface area contributed by atoms with Gasteiger partial charge in [-0.2, -0.15) is 4.31 Å². The number of rotatable bonds is 7. The lowest BCUT2D eigenvalue weighted by Gasteiger charge is -2.39. The molecule has 9 nitrogen and oxygen atoms in total.